The summed E-state index contributed by atoms with van der Waals surface area (Å²) in [5.41, 5.74) is 9.46. The fraction of sp³-hybridized carbons (Fsp3) is 0.333. The lowest BCUT2D eigenvalue weighted by atomic mass is 10.0. The molecule has 3 rings (SSSR count). The van der Waals surface area contributed by atoms with Crippen LogP contribution in [0.25, 0.3) is 0 Å². The average molecular weight is 293 g/mol. The van der Waals surface area contributed by atoms with Crippen molar-refractivity contribution in [2.75, 3.05) is 12.3 Å². The summed E-state index contributed by atoms with van der Waals surface area (Å²) in [6.45, 7) is 4.22. The molecule has 4 heteroatoms. The number of fused-ring (bicyclic) bond motifs is 1. The summed E-state index contributed by atoms with van der Waals surface area (Å²) >= 11 is 7.93. The summed E-state index contributed by atoms with van der Waals surface area (Å²) in [5.74, 6) is 0. The minimum Gasteiger partial charge on any atom is -0.398 e. The van der Waals surface area contributed by atoms with Gasteiger partial charge in [0, 0.05) is 34.7 Å². The van der Waals surface area contributed by atoms with Crippen LogP contribution in [0.4, 0.5) is 5.69 Å². The Bertz CT molecular complexity index is 594. The largest absolute Gasteiger partial charge is 0.398 e. The van der Waals surface area contributed by atoms with Crippen molar-refractivity contribution in [3.63, 3.8) is 0 Å². The number of nitrogen functional groups attached to an aromatic ring is 1. The van der Waals surface area contributed by atoms with Gasteiger partial charge in [-0.3, -0.25) is 4.90 Å². The number of anilines is 1. The Kier molecular flexibility index (Phi) is 3.52. The molecular formula is C15H17ClN2S. The minimum atomic E-state index is 0.452. The lowest BCUT2D eigenvalue weighted by Crippen LogP contribution is -2.32. The maximum atomic E-state index is 6.06. The van der Waals surface area contributed by atoms with E-state index in [1.54, 1.807) is 0 Å². The molecule has 0 spiro atoms. The minimum absolute atomic E-state index is 0.452. The highest BCUT2D eigenvalue weighted by Gasteiger charge is 2.24. The summed E-state index contributed by atoms with van der Waals surface area (Å²) < 4.78 is 0. The van der Waals surface area contributed by atoms with Gasteiger partial charge in [-0.25, -0.2) is 0 Å². The molecule has 0 fully saturated rings. The number of thiophene rings is 1. The molecule has 2 N–H and O–H groups in total. The van der Waals surface area contributed by atoms with E-state index in [-0.39, 0.29) is 0 Å². The van der Waals surface area contributed by atoms with Crippen LogP contribution in [-0.4, -0.2) is 11.4 Å². The third-order valence-electron chi connectivity index (χ3n) is 3.88. The highest BCUT2D eigenvalue weighted by atomic mass is 35.5. The van der Waals surface area contributed by atoms with Crippen LogP contribution in [0.3, 0.4) is 0 Å². The monoisotopic (exact) mass is 292 g/mol. The molecule has 0 saturated carbocycles. The highest BCUT2D eigenvalue weighted by molar-refractivity contribution is 7.10. The molecule has 19 heavy (non-hydrogen) atoms. The molecule has 0 bridgehead atoms. The highest BCUT2D eigenvalue weighted by Crippen LogP contribution is 2.34. The summed E-state index contributed by atoms with van der Waals surface area (Å²) in [6, 6.07) is 8.41. The normalized spacial score (nSPS) is 19.4. The van der Waals surface area contributed by atoms with Crippen molar-refractivity contribution in [2.45, 2.75) is 25.9 Å². The van der Waals surface area contributed by atoms with Crippen molar-refractivity contribution in [1.82, 2.24) is 4.90 Å². The first-order valence-electron chi connectivity index (χ1n) is 6.49. The van der Waals surface area contributed by atoms with E-state index in [4.69, 9.17) is 17.3 Å². The number of halogens is 1. The van der Waals surface area contributed by atoms with Gasteiger partial charge in [0.2, 0.25) is 0 Å². The Morgan fingerprint density at radius 3 is 3.11 bits per heavy atom. The molecule has 1 aliphatic heterocycles. The van der Waals surface area contributed by atoms with Crippen molar-refractivity contribution in [3.05, 3.63) is 50.7 Å². The van der Waals surface area contributed by atoms with Crippen LogP contribution in [0, 0.1) is 0 Å². The first kappa shape index (κ1) is 13.0. The summed E-state index contributed by atoms with van der Waals surface area (Å²) in [5, 5.41) is 2.95. The zero-order chi connectivity index (χ0) is 13.4. The first-order chi connectivity index (χ1) is 9.15. The number of nitrogens with zero attached hydrogens (tertiary/aromatic N) is 1. The number of hydrogen-bond acceptors (Lipinski definition) is 3. The van der Waals surface area contributed by atoms with E-state index in [0.29, 0.717) is 6.04 Å². The molecule has 1 atom stereocenters. The molecular weight excluding hydrogens is 276 g/mol. The molecule has 1 unspecified atom stereocenters. The van der Waals surface area contributed by atoms with Gasteiger partial charge in [0.05, 0.1) is 0 Å². The topological polar surface area (TPSA) is 29.3 Å². The Hall–Kier alpha value is -1.03. The average Bonchev–Trinajstić information content (AvgIpc) is 2.86. The fourth-order valence-electron chi connectivity index (χ4n) is 2.71. The maximum absolute atomic E-state index is 6.06. The van der Waals surface area contributed by atoms with Crippen LogP contribution >= 0.6 is 22.9 Å². The standard InChI is InChI=1S/C15H17ClN2S/c1-10-13-5-7-19-15(13)4-6-18(10)9-11-8-12(16)2-3-14(11)17/h2-3,5,7-8,10H,4,6,9,17H2,1H3. The van der Waals surface area contributed by atoms with Crippen molar-refractivity contribution < 1.29 is 0 Å². The summed E-state index contributed by atoms with van der Waals surface area (Å²) in [4.78, 5) is 4.00. The molecule has 0 saturated heterocycles. The molecule has 2 aromatic rings. The van der Waals surface area contributed by atoms with E-state index in [0.717, 1.165) is 35.8 Å². The summed E-state index contributed by atoms with van der Waals surface area (Å²) in [7, 11) is 0. The van der Waals surface area contributed by atoms with Gasteiger partial charge in [0.1, 0.15) is 0 Å². The fourth-order valence-corrected chi connectivity index (χ4v) is 3.86. The lowest BCUT2D eigenvalue weighted by molar-refractivity contribution is 0.192. The zero-order valence-corrected chi connectivity index (χ0v) is 12.5. The number of nitrogens with two attached hydrogens (primary N) is 1. The molecule has 0 radical (unpaired) electrons. The molecule has 1 aromatic carbocycles. The van der Waals surface area contributed by atoms with Crippen LogP contribution in [0.15, 0.2) is 29.6 Å². The van der Waals surface area contributed by atoms with Crippen molar-refractivity contribution in [2.24, 2.45) is 0 Å². The number of rotatable bonds is 2. The van der Waals surface area contributed by atoms with Gasteiger partial charge in [-0.15, -0.1) is 11.3 Å². The molecule has 0 aliphatic carbocycles. The number of benzene rings is 1. The molecule has 2 heterocycles. The van der Waals surface area contributed by atoms with Crippen LogP contribution in [0.1, 0.15) is 29.0 Å². The maximum Gasteiger partial charge on any atom is 0.0410 e. The third-order valence-corrected chi connectivity index (χ3v) is 5.11. The summed E-state index contributed by atoms with van der Waals surface area (Å²) in [6.07, 6.45) is 1.14. The predicted molar refractivity (Wildman–Crippen MR) is 82.7 cm³/mol. The van der Waals surface area contributed by atoms with E-state index in [1.165, 1.54) is 10.4 Å². The van der Waals surface area contributed by atoms with E-state index < -0.39 is 0 Å². The van der Waals surface area contributed by atoms with Crippen molar-refractivity contribution in [3.8, 4) is 0 Å². The zero-order valence-electron chi connectivity index (χ0n) is 10.9. The molecule has 1 aromatic heterocycles. The van der Waals surface area contributed by atoms with Gasteiger partial charge in [0.15, 0.2) is 0 Å². The second-order valence-electron chi connectivity index (χ2n) is 5.04. The van der Waals surface area contributed by atoms with Crippen LogP contribution < -0.4 is 5.73 Å². The van der Waals surface area contributed by atoms with E-state index in [1.807, 2.05) is 29.5 Å². The quantitative estimate of drug-likeness (QED) is 0.844. The SMILES string of the molecule is CC1c2ccsc2CCN1Cc1cc(Cl)ccc1N. The Labute approximate surface area is 122 Å². The molecule has 1 aliphatic rings. The Balaban J connectivity index is 1.83. The molecule has 0 amide bonds. The van der Waals surface area contributed by atoms with Crippen LogP contribution in [0.2, 0.25) is 5.02 Å². The van der Waals surface area contributed by atoms with E-state index >= 15 is 0 Å². The second kappa shape index (κ2) is 5.16. The van der Waals surface area contributed by atoms with Gasteiger partial charge in [-0.1, -0.05) is 11.6 Å². The smallest absolute Gasteiger partial charge is 0.0410 e. The predicted octanol–water partition coefficient (Wildman–Crippen LogP) is 4.10. The Morgan fingerprint density at radius 2 is 2.26 bits per heavy atom. The van der Waals surface area contributed by atoms with Crippen LogP contribution in [0.5, 0.6) is 0 Å². The van der Waals surface area contributed by atoms with Gasteiger partial charge in [0.25, 0.3) is 0 Å². The van der Waals surface area contributed by atoms with Crippen molar-refractivity contribution >= 4 is 28.6 Å². The molecule has 2 nitrogen and oxygen atoms in total. The van der Waals surface area contributed by atoms with Gasteiger partial charge >= 0.3 is 0 Å². The third kappa shape index (κ3) is 2.50. The van der Waals surface area contributed by atoms with Gasteiger partial charge < -0.3 is 5.73 Å². The van der Waals surface area contributed by atoms with E-state index in [9.17, 15) is 0 Å². The Morgan fingerprint density at radius 1 is 1.42 bits per heavy atom. The second-order valence-corrected chi connectivity index (χ2v) is 6.48. The van der Waals surface area contributed by atoms with Crippen molar-refractivity contribution in [1.29, 1.82) is 0 Å². The van der Waals surface area contributed by atoms with Crippen LogP contribution in [-0.2, 0) is 13.0 Å². The molecule has 100 valence electrons. The first-order valence-corrected chi connectivity index (χ1v) is 7.75. The van der Waals surface area contributed by atoms with Gasteiger partial charge in [-0.2, -0.15) is 0 Å². The van der Waals surface area contributed by atoms with E-state index in [2.05, 4.69) is 23.3 Å². The lowest BCUT2D eigenvalue weighted by Gasteiger charge is -2.33. The number of hydrogen-bond donors (Lipinski definition) is 1. The van der Waals surface area contributed by atoms with Gasteiger partial charge in [-0.05, 0) is 54.1 Å².